The van der Waals surface area contributed by atoms with Crippen molar-refractivity contribution in [2.24, 2.45) is 5.14 Å². The molecule has 2 aromatic rings. The van der Waals surface area contributed by atoms with Gasteiger partial charge in [-0.1, -0.05) is 0 Å². The molecule has 148 valence electrons. The fourth-order valence-electron chi connectivity index (χ4n) is 2.28. The lowest BCUT2D eigenvalue weighted by Crippen LogP contribution is -2.77. The van der Waals surface area contributed by atoms with Gasteiger partial charge >= 0.3 is 6.36 Å². The second-order valence-electron chi connectivity index (χ2n) is 5.39. The number of hydrogen-bond acceptors (Lipinski definition) is 5. The van der Waals surface area contributed by atoms with Crippen molar-refractivity contribution in [3.8, 4) is 17.2 Å². The molecule has 0 aromatic heterocycles. The first-order valence-electron chi connectivity index (χ1n) is 7.58. The number of hydrogen-bond donors (Lipinski definition) is 2. The van der Waals surface area contributed by atoms with Gasteiger partial charge in [0.2, 0.25) is 10.0 Å². The van der Waals surface area contributed by atoms with E-state index in [9.17, 15) is 21.6 Å². The Morgan fingerprint density at radius 3 is 2.22 bits per heavy atom. The second kappa shape index (κ2) is 8.38. The predicted molar refractivity (Wildman–Crippen MR) is 94.3 cm³/mol. The summed E-state index contributed by atoms with van der Waals surface area (Å²) in [7, 11) is -2.11. The van der Waals surface area contributed by atoms with Gasteiger partial charge in [-0.05, 0) is 42.7 Å². The van der Waals surface area contributed by atoms with E-state index < -0.39 is 16.4 Å². The van der Waals surface area contributed by atoms with Crippen molar-refractivity contribution in [3.05, 3.63) is 42.0 Å². The molecule has 0 aliphatic heterocycles. The molecular formula is C16H18F3N2O4S2+. The third-order valence-electron chi connectivity index (χ3n) is 3.36. The Morgan fingerprint density at radius 1 is 1.15 bits per heavy atom. The Kier molecular flexibility index (Phi) is 6.63. The molecular weight excluding hydrogens is 405 g/mol. The van der Waals surface area contributed by atoms with Gasteiger partial charge in [0.15, 0.2) is 0 Å². The smallest absolute Gasteiger partial charge is 0.457 e. The van der Waals surface area contributed by atoms with E-state index in [2.05, 4.69) is 4.74 Å². The van der Waals surface area contributed by atoms with Gasteiger partial charge in [0.25, 0.3) is 0 Å². The summed E-state index contributed by atoms with van der Waals surface area (Å²) in [6.45, 7) is 0.418. The SMILES string of the molecule is C[NH2+]Cc1cc(S(N)(=O)=O)c(SC)cc1Oc1ccc(OC(F)(F)F)cc1. The molecule has 0 amide bonds. The van der Waals surface area contributed by atoms with Gasteiger partial charge < -0.3 is 14.8 Å². The number of alkyl halides is 3. The van der Waals surface area contributed by atoms with Crippen molar-refractivity contribution in [3.63, 3.8) is 0 Å². The highest BCUT2D eigenvalue weighted by Gasteiger charge is 2.31. The minimum absolute atomic E-state index is 0.00637. The molecule has 0 saturated carbocycles. The van der Waals surface area contributed by atoms with E-state index >= 15 is 0 Å². The first-order chi connectivity index (χ1) is 12.5. The van der Waals surface area contributed by atoms with Crippen LogP contribution in [0.3, 0.4) is 0 Å². The fourth-order valence-corrected chi connectivity index (χ4v) is 4.01. The monoisotopic (exact) mass is 423 g/mol. The molecule has 0 aliphatic rings. The highest BCUT2D eigenvalue weighted by Crippen LogP contribution is 2.35. The maximum atomic E-state index is 12.2. The summed E-state index contributed by atoms with van der Waals surface area (Å²) in [4.78, 5) is 0.400. The molecule has 2 aromatic carbocycles. The molecule has 27 heavy (non-hydrogen) atoms. The van der Waals surface area contributed by atoms with Crippen LogP contribution in [0.5, 0.6) is 17.2 Å². The fraction of sp³-hybridized carbons (Fsp3) is 0.250. The van der Waals surface area contributed by atoms with Crippen LogP contribution in [0.15, 0.2) is 46.2 Å². The van der Waals surface area contributed by atoms with Gasteiger partial charge in [0, 0.05) is 4.90 Å². The molecule has 0 bridgehead atoms. The molecule has 0 spiro atoms. The van der Waals surface area contributed by atoms with Crippen LogP contribution in [-0.2, 0) is 16.6 Å². The van der Waals surface area contributed by atoms with Gasteiger partial charge in [-0.2, -0.15) is 0 Å². The van der Waals surface area contributed by atoms with E-state index in [1.54, 1.807) is 19.4 Å². The zero-order valence-electron chi connectivity index (χ0n) is 14.4. The van der Waals surface area contributed by atoms with Crippen LogP contribution in [0.2, 0.25) is 0 Å². The van der Waals surface area contributed by atoms with Crippen LogP contribution in [0, 0.1) is 0 Å². The summed E-state index contributed by atoms with van der Waals surface area (Å²) in [6.07, 6.45) is -3.08. The number of nitrogens with two attached hydrogens (primary N) is 2. The summed E-state index contributed by atoms with van der Waals surface area (Å²) in [6, 6.07) is 7.89. The van der Waals surface area contributed by atoms with Crippen LogP contribution in [0.1, 0.15) is 5.56 Å². The van der Waals surface area contributed by atoms with E-state index in [0.717, 1.165) is 12.1 Å². The number of thioether (sulfide) groups is 1. The largest absolute Gasteiger partial charge is 0.573 e. The maximum absolute atomic E-state index is 12.2. The Hall–Kier alpha value is -1.95. The average molecular weight is 423 g/mol. The summed E-state index contributed by atoms with van der Waals surface area (Å²) >= 11 is 1.19. The van der Waals surface area contributed by atoms with Crippen LogP contribution in [-0.4, -0.2) is 28.1 Å². The van der Waals surface area contributed by atoms with Gasteiger partial charge in [-0.3, -0.25) is 0 Å². The Morgan fingerprint density at radius 2 is 1.74 bits per heavy atom. The summed E-state index contributed by atoms with van der Waals surface area (Å²) in [5.41, 5.74) is 0.579. The molecule has 0 heterocycles. The van der Waals surface area contributed by atoms with Crippen LogP contribution >= 0.6 is 11.8 Å². The van der Waals surface area contributed by atoms with Crippen molar-refractivity contribution in [2.45, 2.75) is 22.7 Å². The molecule has 6 nitrogen and oxygen atoms in total. The third-order valence-corrected chi connectivity index (χ3v) is 5.22. The molecule has 0 saturated heterocycles. The number of benzene rings is 2. The van der Waals surface area contributed by atoms with Gasteiger partial charge in [0.1, 0.15) is 23.8 Å². The number of sulfonamides is 1. The number of quaternary nitrogens is 1. The normalized spacial score (nSPS) is 12.1. The molecule has 11 heteroatoms. The second-order valence-corrected chi connectivity index (χ2v) is 7.77. The van der Waals surface area contributed by atoms with Crippen molar-refractivity contribution in [2.75, 3.05) is 13.3 Å². The molecule has 4 N–H and O–H groups in total. The van der Waals surface area contributed by atoms with Crippen LogP contribution in [0.25, 0.3) is 0 Å². The van der Waals surface area contributed by atoms with Crippen LogP contribution < -0.4 is 19.9 Å². The first kappa shape index (κ1) is 21.4. The zero-order chi connectivity index (χ0) is 20.2. The van der Waals surface area contributed by atoms with Crippen LogP contribution in [0.4, 0.5) is 13.2 Å². The topological polar surface area (TPSA) is 95.2 Å². The third kappa shape index (κ3) is 6.03. The highest BCUT2D eigenvalue weighted by atomic mass is 32.2. The molecule has 0 atom stereocenters. The lowest BCUT2D eigenvalue weighted by Gasteiger charge is -2.15. The number of ether oxygens (including phenoxy) is 2. The Bertz CT molecular complexity index is 901. The lowest BCUT2D eigenvalue weighted by atomic mass is 10.2. The summed E-state index contributed by atoms with van der Waals surface area (Å²) < 4.78 is 69.8. The molecule has 0 aliphatic carbocycles. The number of rotatable bonds is 7. The van der Waals surface area contributed by atoms with E-state index in [1.807, 2.05) is 5.32 Å². The van der Waals surface area contributed by atoms with Crippen molar-refractivity contribution < 1.29 is 36.4 Å². The van der Waals surface area contributed by atoms with E-state index in [0.29, 0.717) is 22.8 Å². The zero-order valence-corrected chi connectivity index (χ0v) is 16.0. The lowest BCUT2D eigenvalue weighted by molar-refractivity contribution is -0.643. The first-order valence-corrected chi connectivity index (χ1v) is 10.4. The van der Waals surface area contributed by atoms with E-state index in [-0.39, 0.29) is 16.4 Å². The number of primary sulfonamides is 1. The Labute approximate surface area is 158 Å². The molecule has 0 fully saturated rings. The van der Waals surface area contributed by atoms with Crippen molar-refractivity contribution in [1.29, 1.82) is 0 Å². The predicted octanol–water partition coefficient (Wildman–Crippen LogP) is 2.44. The minimum Gasteiger partial charge on any atom is -0.457 e. The molecule has 2 rings (SSSR count). The molecule has 0 unspecified atom stereocenters. The highest BCUT2D eigenvalue weighted by molar-refractivity contribution is 7.99. The molecule has 0 radical (unpaired) electrons. The van der Waals surface area contributed by atoms with Gasteiger partial charge in [0.05, 0.1) is 17.5 Å². The summed E-state index contributed by atoms with van der Waals surface area (Å²) in [5.74, 6) is 0.290. The average Bonchev–Trinajstić information content (AvgIpc) is 2.55. The van der Waals surface area contributed by atoms with Crippen molar-refractivity contribution >= 4 is 21.8 Å². The Balaban J connectivity index is 2.37. The van der Waals surface area contributed by atoms with Gasteiger partial charge in [-0.25, -0.2) is 13.6 Å². The minimum atomic E-state index is -4.77. The van der Waals surface area contributed by atoms with E-state index in [1.165, 1.54) is 30.0 Å². The van der Waals surface area contributed by atoms with Crippen molar-refractivity contribution in [1.82, 2.24) is 0 Å². The quantitative estimate of drug-likeness (QED) is 0.667. The number of halogens is 3. The van der Waals surface area contributed by atoms with Gasteiger partial charge in [-0.15, -0.1) is 24.9 Å². The maximum Gasteiger partial charge on any atom is 0.573 e. The summed E-state index contributed by atoms with van der Waals surface area (Å²) in [5, 5.41) is 7.08. The standard InChI is InChI=1S/C16H17F3N2O4S2/c1-21-9-10-7-15(27(20,22)23)14(26-2)8-13(10)24-11-3-5-12(6-4-11)25-16(17,18)19/h3-8,21H,9H2,1-2H3,(H2,20,22,23)/p+1. The van der Waals surface area contributed by atoms with E-state index in [4.69, 9.17) is 9.88 Å².